The highest BCUT2D eigenvalue weighted by molar-refractivity contribution is 7.81. The maximum atomic E-state index is 13.0. The number of carbonyl (C=O) groups is 1. The number of carbonyl (C=O) groups excluding carboxylic acids is 1. The Balaban J connectivity index is 1.52. The Hall–Kier alpha value is -3.22. The van der Waals surface area contributed by atoms with Crippen LogP contribution in [0.2, 0.25) is 0 Å². The van der Waals surface area contributed by atoms with Crippen molar-refractivity contribution in [2.45, 2.75) is 6.92 Å². The number of thiazole rings is 1. The fourth-order valence-electron chi connectivity index (χ4n) is 2.32. The molecule has 0 radical (unpaired) electrons. The van der Waals surface area contributed by atoms with E-state index in [0.29, 0.717) is 27.1 Å². The van der Waals surface area contributed by atoms with Crippen molar-refractivity contribution in [2.24, 2.45) is 0 Å². The average Bonchev–Trinajstić information content (AvgIpc) is 3.09. The smallest absolute Gasteiger partial charge is 0.281 e. The summed E-state index contributed by atoms with van der Waals surface area (Å²) in [5, 5.41) is 9.39. The first-order valence-corrected chi connectivity index (χ1v) is 10.4. The van der Waals surface area contributed by atoms with Gasteiger partial charge in [0.25, 0.3) is 5.91 Å². The normalized spacial score (nSPS) is 10.2. The summed E-state index contributed by atoms with van der Waals surface area (Å²) < 4.78 is 25.9. The maximum absolute atomic E-state index is 13.0. The van der Waals surface area contributed by atoms with Gasteiger partial charge in [0.2, 0.25) is 0 Å². The highest BCUT2D eigenvalue weighted by Crippen LogP contribution is 2.22. The first-order chi connectivity index (χ1) is 14.8. The molecule has 0 aliphatic rings. The molecule has 1 heterocycles. The molecule has 160 valence electrons. The molecule has 3 rings (SSSR count). The lowest BCUT2D eigenvalue weighted by Crippen LogP contribution is -2.43. The number of aromatic nitrogens is 1. The van der Waals surface area contributed by atoms with Gasteiger partial charge in [-0.1, -0.05) is 11.3 Å². The zero-order valence-electron chi connectivity index (χ0n) is 16.0. The quantitative estimate of drug-likeness (QED) is 0.282. The Kier molecular flexibility index (Phi) is 7.39. The molecule has 0 spiro atoms. The molecule has 0 saturated carbocycles. The first-order valence-electron chi connectivity index (χ1n) is 8.74. The van der Waals surface area contributed by atoms with E-state index >= 15 is 0 Å². The summed E-state index contributed by atoms with van der Waals surface area (Å²) in [6.07, 6.45) is 0. The molecule has 0 aliphatic heterocycles. The summed E-state index contributed by atoms with van der Waals surface area (Å²) in [5.74, 6) is -1.16. The molecule has 0 atom stereocenters. The number of nitrogens with one attached hydrogen (secondary N) is 5. The minimum absolute atomic E-state index is 0.130. The molecule has 1 aromatic heterocycles. The van der Waals surface area contributed by atoms with E-state index in [1.165, 1.54) is 36.4 Å². The molecule has 0 saturated heterocycles. The van der Waals surface area contributed by atoms with E-state index in [1.54, 1.807) is 19.1 Å². The minimum atomic E-state index is -0.441. The molecular formula is C19H16F2N6OS3. The Labute approximate surface area is 191 Å². The largest absolute Gasteiger partial charge is 0.332 e. The number of thiocarbonyl (C=S) groups is 2. The third-order valence-electron chi connectivity index (χ3n) is 3.72. The van der Waals surface area contributed by atoms with Crippen molar-refractivity contribution in [1.82, 2.24) is 15.8 Å². The van der Waals surface area contributed by atoms with Crippen molar-refractivity contribution in [3.63, 3.8) is 0 Å². The lowest BCUT2D eigenvalue weighted by molar-refractivity contribution is 0.0947. The van der Waals surface area contributed by atoms with Gasteiger partial charge in [0.1, 0.15) is 16.5 Å². The van der Waals surface area contributed by atoms with Crippen LogP contribution in [0.4, 0.5) is 25.3 Å². The van der Waals surface area contributed by atoms with Crippen LogP contribution in [0.3, 0.4) is 0 Å². The number of hydrogen-bond acceptors (Lipinski definition) is 5. The predicted octanol–water partition coefficient (Wildman–Crippen LogP) is 4.17. The van der Waals surface area contributed by atoms with Gasteiger partial charge in [0, 0.05) is 11.4 Å². The predicted molar refractivity (Wildman–Crippen MR) is 126 cm³/mol. The Morgan fingerprint density at radius 3 is 1.90 bits per heavy atom. The zero-order chi connectivity index (χ0) is 22.4. The third-order valence-corrected chi connectivity index (χ3v) is 5.20. The van der Waals surface area contributed by atoms with Crippen molar-refractivity contribution in [2.75, 3.05) is 16.0 Å². The highest BCUT2D eigenvalue weighted by Gasteiger charge is 2.16. The van der Waals surface area contributed by atoms with Gasteiger partial charge in [-0.2, -0.15) is 0 Å². The molecule has 0 aliphatic carbocycles. The van der Waals surface area contributed by atoms with Crippen LogP contribution < -0.4 is 26.8 Å². The van der Waals surface area contributed by atoms with Crippen LogP contribution in [0.25, 0.3) is 0 Å². The molecule has 12 heteroatoms. The third kappa shape index (κ3) is 6.64. The van der Waals surface area contributed by atoms with Gasteiger partial charge in [0.15, 0.2) is 15.4 Å². The number of hydrogen-bond donors (Lipinski definition) is 5. The van der Waals surface area contributed by atoms with Gasteiger partial charge in [0.05, 0.1) is 5.69 Å². The number of halogens is 2. The van der Waals surface area contributed by atoms with Gasteiger partial charge >= 0.3 is 0 Å². The monoisotopic (exact) mass is 478 g/mol. The molecule has 2 aromatic carbocycles. The molecule has 31 heavy (non-hydrogen) atoms. The number of amides is 1. The second-order valence-corrected chi connectivity index (χ2v) is 7.88. The van der Waals surface area contributed by atoms with Crippen LogP contribution in [0, 0.1) is 18.6 Å². The van der Waals surface area contributed by atoms with Gasteiger partial charge in [-0.3, -0.25) is 15.6 Å². The SMILES string of the molecule is Cc1nc(NC(=S)Nc2ccc(F)cc2)sc1C(=O)NNC(=S)Nc1ccc(F)cc1. The van der Waals surface area contributed by atoms with Crippen molar-refractivity contribution >= 4 is 68.4 Å². The highest BCUT2D eigenvalue weighted by atomic mass is 32.1. The summed E-state index contributed by atoms with van der Waals surface area (Å²) >= 11 is 11.4. The van der Waals surface area contributed by atoms with E-state index in [0.717, 1.165) is 11.3 Å². The van der Waals surface area contributed by atoms with Crippen LogP contribution >= 0.6 is 35.8 Å². The number of rotatable bonds is 4. The van der Waals surface area contributed by atoms with Gasteiger partial charge in [-0.15, -0.1) is 0 Å². The summed E-state index contributed by atoms with van der Waals surface area (Å²) in [7, 11) is 0. The molecule has 7 nitrogen and oxygen atoms in total. The Bertz CT molecular complexity index is 1100. The Morgan fingerprint density at radius 1 is 0.839 bits per heavy atom. The second-order valence-electron chi connectivity index (χ2n) is 6.06. The van der Waals surface area contributed by atoms with E-state index in [2.05, 4.69) is 31.8 Å². The fourth-order valence-corrected chi connectivity index (χ4v) is 3.63. The van der Waals surface area contributed by atoms with Crippen LogP contribution in [0.1, 0.15) is 15.4 Å². The molecule has 5 N–H and O–H groups in total. The van der Waals surface area contributed by atoms with Gasteiger partial charge in [-0.25, -0.2) is 13.8 Å². The van der Waals surface area contributed by atoms with E-state index in [4.69, 9.17) is 24.4 Å². The molecule has 1 amide bonds. The van der Waals surface area contributed by atoms with Crippen LogP contribution in [0.5, 0.6) is 0 Å². The lowest BCUT2D eigenvalue weighted by atomic mass is 10.3. The topological polar surface area (TPSA) is 90.1 Å². The summed E-state index contributed by atoms with van der Waals surface area (Å²) in [6, 6.07) is 11.3. The molecule has 0 fully saturated rings. The summed E-state index contributed by atoms with van der Waals surface area (Å²) in [4.78, 5) is 17.1. The van der Waals surface area contributed by atoms with E-state index in [1.807, 2.05) is 0 Å². The number of aryl methyl sites for hydroxylation is 1. The molecular weight excluding hydrogens is 462 g/mol. The van der Waals surface area contributed by atoms with Crippen molar-refractivity contribution < 1.29 is 13.6 Å². The number of benzene rings is 2. The fraction of sp³-hybridized carbons (Fsp3) is 0.0526. The minimum Gasteiger partial charge on any atom is -0.332 e. The molecule has 3 aromatic rings. The zero-order valence-corrected chi connectivity index (χ0v) is 18.4. The summed E-state index contributed by atoms with van der Waals surface area (Å²) in [5.41, 5.74) is 6.72. The second kappa shape index (κ2) is 10.2. The molecule has 0 unspecified atom stereocenters. The first kappa shape index (κ1) is 22.5. The van der Waals surface area contributed by atoms with Crippen molar-refractivity contribution in [3.8, 4) is 0 Å². The maximum Gasteiger partial charge on any atom is 0.281 e. The number of hydrazine groups is 1. The van der Waals surface area contributed by atoms with E-state index < -0.39 is 5.91 Å². The van der Waals surface area contributed by atoms with E-state index in [-0.39, 0.29) is 21.9 Å². The standard InChI is InChI=1S/C19H16F2N6OS3/c1-10-15(16(28)26-27-18(30)24-14-8-4-12(21)5-9-14)31-19(22-10)25-17(29)23-13-6-2-11(20)3-7-13/h2-9H,1H3,(H,26,28)(H2,24,27,30)(H2,22,23,25,29). The van der Waals surface area contributed by atoms with Gasteiger partial charge < -0.3 is 16.0 Å². The van der Waals surface area contributed by atoms with Crippen molar-refractivity contribution in [1.29, 1.82) is 0 Å². The number of nitrogens with zero attached hydrogens (tertiary/aromatic N) is 1. The lowest BCUT2D eigenvalue weighted by Gasteiger charge is -2.11. The summed E-state index contributed by atoms with van der Waals surface area (Å²) in [6.45, 7) is 1.68. The van der Waals surface area contributed by atoms with Crippen LogP contribution in [-0.2, 0) is 0 Å². The van der Waals surface area contributed by atoms with Gasteiger partial charge in [-0.05, 0) is 79.9 Å². The van der Waals surface area contributed by atoms with E-state index in [9.17, 15) is 13.6 Å². The van der Waals surface area contributed by atoms with Crippen molar-refractivity contribution in [3.05, 3.63) is 70.7 Å². The number of anilines is 3. The van der Waals surface area contributed by atoms with Crippen LogP contribution in [0.15, 0.2) is 48.5 Å². The molecule has 0 bridgehead atoms. The van der Waals surface area contributed by atoms with Crippen LogP contribution in [-0.4, -0.2) is 21.1 Å². The Morgan fingerprint density at radius 2 is 1.35 bits per heavy atom. The average molecular weight is 479 g/mol.